The van der Waals surface area contributed by atoms with Gasteiger partial charge in [0.2, 0.25) is 11.6 Å². The Kier molecular flexibility index (Phi) is 7.47. The van der Waals surface area contributed by atoms with E-state index in [1.807, 2.05) is 0 Å². The fraction of sp³-hybridized carbons (Fsp3) is 0.550. The Balaban J connectivity index is 1.95. The minimum atomic E-state index is -1.29. The summed E-state index contributed by atoms with van der Waals surface area (Å²) in [4.78, 5) is 27.2. The van der Waals surface area contributed by atoms with Gasteiger partial charge in [0.05, 0.1) is 31.4 Å². The zero-order valence-corrected chi connectivity index (χ0v) is 19.7. The predicted octanol–water partition coefficient (Wildman–Crippen LogP) is 1.20. The number of aliphatic imine (C=N–C) groups is 1. The summed E-state index contributed by atoms with van der Waals surface area (Å²) in [5.41, 5.74) is 0.463. The van der Waals surface area contributed by atoms with Gasteiger partial charge in [-0.25, -0.2) is 4.99 Å². The number of fused-ring (bicyclic) bond motifs is 1. The number of halogens is 1. The van der Waals surface area contributed by atoms with Gasteiger partial charge in [0.1, 0.15) is 18.8 Å². The molecule has 1 N–H and O–H groups in total. The normalized spacial score (nSPS) is 26.3. The van der Waals surface area contributed by atoms with E-state index in [1.54, 1.807) is 6.07 Å². The number of rotatable bonds is 7. The van der Waals surface area contributed by atoms with Crippen LogP contribution in [0.2, 0.25) is 0 Å². The second kappa shape index (κ2) is 9.92. The van der Waals surface area contributed by atoms with Gasteiger partial charge in [0.15, 0.2) is 29.9 Å². The van der Waals surface area contributed by atoms with Crippen LogP contribution in [-0.4, -0.2) is 81.5 Å². The number of hydrogen-bond donors (Lipinski definition) is 1. The molecule has 2 aliphatic heterocycles. The monoisotopic (exact) mass is 517 g/mol. The van der Waals surface area contributed by atoms with Crippen molar-refractivity contribution in [2.24, 2.45) is 4.99 Å². The lowest BCUT2D eigenvalue weighted by Crippen LogP contribution is -2.59. The van der Waals surface area contributed by atoms with Gasteiger partial charge in [-0.05, 0) is 22.0 Å². The molecule has 1 aromatic carbocycles. The molecular formula is C20H24BrNO10. The molecule has 1 aromatic rings. The molecule has 0 saturated carbocycles. The van der Waals surface area contributed by atoms with Crippen LogP contribution < -0.4 is 14.2 Å². The van der Waals surface area contributed by atoms with Crippen molar-refractivity contribution in [3.8, 4) is 17.2 Å². The van der Waals surface area contributed by atoms with Crippen molar-refractivity contribution in [3.63, 3.8) is 0 Å². The van der Waals surface area contributed by atoms with Crippen LogP contribution in [0.4, 0.5) is 0 Å². The zero-order chi connectivity index (χ0) is 23.6. The number of hydrogen-bond acceptors (Lipinski definition) is 11. The summed E-state index contributed by atoms with van der Waals surface area (Å²) in [7, 11) is 4.43. The first-order chi connectivity index (χ1) is 15.2. The highest BCUT2D eigenvalue weighted by molar-refractivity contribution is 9.10. The number of methoxy groups -OCH3 is 3. The molecule has 1 fully saturated rings. The first-order valence-electron chi connectivity index (χ1n) is 9.59. The van der Waals surface area contributed by atoms with Gasteiger partial charge in [-0.2, -0.15) is 0 Å². The summed E-state index contributed by atoms with van der Waals surface area (Å²) in [6, 6.07) is 1.63. The Bertz CT molecular complexity index is 920. The maximum atomic E-state index is 11.6. The highest BCUT2D eigenvalue weighted by Gasteiger charge is 2.52. The molecule has 5 atom stereocenters. The molecule has 0 aliphatic carbocycles. The van der Waals surface area contributed by atoms with Crippen molar-refractivity contribution in [1.29, 1.82) is 0 Å². The number of aliphatic hydroxyl groups excluding tert-OH is 1. The highest BCUT2D eigenvalue weighted by atomic mass is 79.9. The molecule has 0 bridgehead atoms. The molecule has 0 spiro atoms. The van der Waals surface area contributed by atoms with E-state index in [2.05, 4.69) is 20.9 Å². The molecule has 11 nitrogen and oxygen atoms in total. The molecule has 32 heavy (non-hydrogen) atoms. The van der Waals surface area contributed by atoms with Gasteiger partial charge >= 0.3 is 11.9 Å². The first-order valence-corrected chi connectivity index (χ1v) is 10.4. The standard InChI is InChI=1S/C20H24BrNO10/c1-8(23)29-7-12-15(30-9(2)24)14(25)18-20(31-12)22-19(32-18)10-6-11(26-3)16(27-4)17(28-5)13(10)21/h6,12,14-15,18,20,25H,7H2,1-5H3/t12-,14+,15-,18+,20-/m1/s1. The average Bonchev–Trinajstić information content (AvgIpc) is 3.17. The molecule has 12 heteroatoms. The third kappa shape index (κ3) is 4.62. The van der Waals surface area contributed by atoms with Gasteiger partial charge in [-0.15, -0.1) is 0 Å². The van der Waals surface area contributed by atoms with Crippen LogP contribution in [0.1, 0.15) is 19.4 Å². The number of carbonyl (C=O) groups excluding carboxylic acids is 2. The molecule has 0 aromatic heterocycles. The maximum absolute atomic E-state index is 11.6. The largest absolute Gasteiger partial charge is 0.493 e. The van der Waals surface area contributed by atoms with Gasteiger partial charge in [0, 0.05) is 13.8 Å². The van der Waals surface area contributed by atoms with Gasteiger partial charge in [0.25, 0.3) is 0 Å². The summed E-state index contributed by atoms with van der Waals surface area (Å²) >= 11 is 3.47. The summed E-state index contributed by atoms with van der Waals surface area (Å²) in [5, 5.41) is 10.9. The summed E-state index contributed by atoms with van der Waals surface area (Å²) < 4.78 is 38.6. The fourth-order valence-corrected chi connectivity index (χ4v) is 4.12. The molecule has 2 aliphatic rings. The lowest BCUT2D eigenvalue weighted by Gasteiger charge is -2.39. The molecule has 1 saturated heterocycles. The fourth-order valence-electron chi connectivity index (χ4n) is 3.50. The number of esters is 2. The van der Waals surface area contributed by atoms with Crippen LogP contribution >= 0.6 is 15.9 Å². The van der Waals surface area contributed by atoms with Crippen LogP contribution in [0, 0.1) is 0 Å². The summed E-state index contributed by atoms with van der Waals surface area (Å²) in [6.07, 6.45) is -5.24. The zero-order valence-electron chi connectivity index (χ0n) is 18.1. The lowest BCUT2D eigenvalue weighted by atomic mass is 9.98. The molecule has 3 rings (SSSR count). The second-order valence-electron chi connectivity index (χ2n) is 6.96. The van der Waals surface area contributed by atoms with Crippen molar-refractivity contribution >= 4 is 33.8 Å². The van der Waals surface area contributed by atoms with E-state index in [9.17, 15) is 14.7 Å². The Morgan fingerprint density at radius 3 is 2.38 bits per heavy atom. The average molecular weight is 518 g/mol. The van der Waals surface area contributed by atoms with Gasteiger partial charge in [-0.1, -0.05) is 0 Å². The van der Waals surface area contributed by atoms with Crippen molar-refractivity contribution in [2.45, 2.75) is 44.5 Å². The van der Waals surface area contributed by atoms with E-state index in [-0.39, 0.29) is 12.5 Å². The molecule has 0 amide bonds. The number of benzene rings is 1. The summed E-state index contributed by atoms with van der Waals surface area (Å²) in [6.45, 7) is 2.21. The van der Waals surface area contributed by atoms with Crippen LogP contribution in [0.3, 0.4) is 0 Å². The Morgan fingerprint density at radius 1 is 1.12 bits per heavy atom. The van der Waals surface area contributed by atoms with Crippen LogP contribution in [0.25, 0.3) is 0 Å². The van der Waals surface area contributed by atoms with Crippen LogP contribution in [0.15, 0.2) is 15.5 Å². The lowest BCUT2D eigenvalue weighted by molar-refractivity contribution is -0.228. The van der Waals surface area contributed by atoms with Gasteiger partial charge in [-0.3, -0.25) is 9.59 Å². The molecular weight excluding hydrogens is 494 g/mol. The summed E-state index contributed by atoms with van der Waals surface area (Å²) in [5.74, 6) is 0.0651. The quantitative estimate of drug-likeness (QED) is 0.526. The van der Waals surface area contributed by atoms with E-state index in [0.717, 1.165) is 0 Å². The number of aliphatic hydroxyl groups is 1. The maximum Gasteiger partial charge on any atom is 0.303 e. The van der Waals surface area contributed by atoms with Crippen molar-refractivity contribution in [2.75, 3.05) is 27.9 Å². The van der Waals surface area contributed by atoms with Crippen molar-refractivity contribution < 1.29 is 47.9 Å². The Labute approximate surface area is 192 Å². The second-order valence-corrected chi connectivity index (χ2v) is 7.75. The van der Waals surface area contributed by atoms with E-state index >= 15 is 0 Å². The number of ether oxygens (including phenoxy) is 7. The van der Waals surface area contributed by atoms with Crippen LogP contribution in [-0.2, 0) is 28.5 Å². The van der Waals surface area contributed by atoms with E-state index in [0.29, 0.717) is 27.3 Å². The number of nitrogens with zero attached hydrogens (tertiary/aromatic N) is 1. The SMILES string of the molecule is COc1cc(C2=N[C@@H]3O[C@H](COC(C)=O)[C@@H](OC(C)=O)[C@H](O)[C@@H]3O2)c(Br)c(OC)c1OC. The highest BCUT2D eigenvalue weighted by Crippen LogP contribution is 2.46. The molecule has 176 valence electrons. The minimum absolute atomic E-state index is 0.139. The topological polar surface area (TPSA) is 131 Å². The first kappa shape index (κ1) is 24.1. The van der Waals surface area contributed by atoms with E-state index in [1.165, 1.54) is 35.2 Å². The van der Waals surface area contributed by atoms with E-state index in [4.69, 9.17) is 33.2 Å². The third-order valence-corrected chi connectivity index (χ3v) is 5.67. The third-order valence-electron chi connectivity index (χ3n) is 4.88. The Hall–Kier alpha value is -2.57. The van der Waals surface area contributed by atoms with Crippen LogP contribution in [0.5, 0.6) is 17.2 Å². The smallest absolute Gasteiger partial charge is 0.303 e. The minimum Gasteiger partial charge on any atom is -0.493 e. The molecule has 0 unspecified atom stereocenters. The Morgan fingerprint density at radius 2 is 1.81 bits per heavy atom. The van der Waals surface area contributed by atoms with Crippen molar-refractivity contribution in [1.82, 2.24) is 0 Å². The molecule has 0 radical (unpaired) electrons. The van der Waals surface area contributed by atoms with E-state index < -0.39 is 42.6 Å². The van der Waals surface area contributed by atoms with Gasteiger partial charge < -0.3 is 38.3 Å². The number of carbonyl (C=O) groups is 2. The predicted molar refractivity (Wildman–Crippen MR) is 112 cm³/mol. The molecule has 2 heterocycles. The van der Waals surface area contributed by atoms with Crippen molar-refractivity contribution in [3.05, 3.63) is 16.1 Å².